The van der Waals surface area contributed by atoms with E-state index in [9.17, 15) is 18.0 Å². The molecule has 10 heteroatoms. The molecular weight excluding hydrogens is 516 g/mol. The van der Waals surface area contributed by atoms with Gasteiger partial charge in [0.25, 0.3) is 0 Å². The fraction of sp³-hybridized carbons (Fsp3) is 0.724. The van der Waals surface area contributed by atoms with Gasteiger partial charge >= 0.3 is 10.3 Å². The van der Waals surface area contributed by atoms with Crippen LogP contribution in [0.5, 0.6) is 5.75 Å². The van der Waals surface area contributed by atoms with Gasteiger partial charge in [-0.3, -0.25) is 9.59 Å². The molecule has 3 heterocycles. The van der Waals surface area contributed by atoms with Gasteiger partial charge in [-0.25, -0.2) is 0 Å². The van der Waals surface area contributed by atoms with Gasteiger partial charge in [0.2, 0.25) is 11.8 Å². The van der Waals surface area contributed by atoms with E-state index in [4.69, 9.17) is 9.32 Å². The SMILES string of the molecule is CC(C)[C@H]1CC[C@@H](N2CCC3(CC2)C(=O)N(CCN2CCCCC2=O)Cc2cc(OS(N)(=O)=O)ccc23)CC1. The fourth-order valence-corrected chi connectivity index (χ4v) is 7.83. The molecule has 216 valence electrons. The highest BCUT2D eigenvalue weighted by atomic mass is 32.2. The Balaban J connectivity index is 1.35. The highest BCUT2D eigenvalue weighted by Crippen LogP contribution is 2.45. The number of hydrogen-bond donors (Lipinski definition) is 1. The van der Waals surface area contributed by atoms with Crippen molar-refractivity contribution in [1.82, 2.24) is 14.7 Å². The molecule has 4 aliphatic rings. The Hall–Kier alpha value is -2.17. The van der Waals surface area contributed by atoms with Gasteiger partial charge in [-0.15, -0.1) is 0 Å². The molecule has 9 nitrogen and oxygen atoms in total. The van der Waals surface area contributed by atoms with Crippen LogP contribution in [0.2, 0.25) is 0 Å². The third kappa shape index (κ3) is 6.12. The number of nitrogens with two attached hydrogens (primary N) is 1. The molecule has 1 spiro atoms. The Bertz CT molecular complexity index is 1170. The molecule has 0 radical (unpaired) electrons. The maximum Gasteiger partial charge on any atom is 0.380 e. The van der Waals surface area contributed by atoms with Crippen LogP contribution in [0.15, 0.2) is 18.2 Å². The number of fused-ring (bicyclic) bond motifs is 2. The predicted octanol–water partition coefficient (Wildman–Crippen LogP) is 3.17. The van der Waals surface area contributed by atoms with Gasteiger partial charge in [0, 0.05) is 38.6 Å². The first-order valence-electron chi connectivity index (χ1n) is 14.7. The molecule has 0 atom stereocenters. The number of likely N-dealkylation sites (tertiary alicyclic amines) is 2. The van der Waals surface area contributed by atoms with Crippen LogP contribution in [0.1, 0.15) is 82.8 Å². The molecule has 2 amide bonds. The van der Waals surface area contributed by atoms with E-state index in [0.717, 1.165) is 68.3 Å². The van der Waals surface area contributed by atoms with Crippen LogP contribution >= 0.6 is 0 Å². The lowest BCUT2D eigenvalue weighted by atomic mass is 9.67. The summed E-state index contributed by atoms with van der Waals surface area (Å²) in [7, 11) is -4.15. The number of hydrogen-bond acceptors (Lipinski definition) is 6. The summed E-state index contributed by atoms with van der Waals surface area (Å²) in [6.45, 7) is 8.49. The zero-order chi connectivity index (χ0) is 27.8. The van der Waals surface area contributed by atoms with Crippen molar-refractivity contribution in [3.63, 3.8) is 0 Å². The lowest BCUT2D eigenvalue weighted by Crippen LogP contribution is -2.58. The summed E-state index contributed by atoms with van der Waals surface area (Å²) in [6, 6.07) is 5.78. The Labute approximate surface area is 233 Å². The average Bonchev–Trinajstić information content (AvgIpc) is 2.90. The van der Waals surface area contributed by atoms with Crippen molar-refractivity contribution >= 4 is 22.1 Å². The van der Waals surface area contributed by atoms with E-state index in [1.54, 1.807) is 12.1 Å². The van der Waals surface area contributed by atoms with Crippen LogP contribution in [0.4, 0.5) is 0 Å². The van der Waals surface area contributed by atoms with Crippen LogP contribution in [0.3, 0.4) is 0 Å². The number of piperidine rings is 2. The summed E-state index contributed by atoms with van der Waals surface area (Å²) in [6.07, 6.45) is 8.98. The van der Waals surface area contributed by atoms with Crippen molar-refractivity contribution in [3.05, 3.63) is 29.3 Å². The van der Waals surface area contributed by atoms with Gasteiger partial charge < -0.3 is 18.9 Å². The molecule has 1 saturated carbocycles. The van der Waals surface area contributed by atoms with E-state index < -0.39 is 15.7 Å². The minimum absolute atomic E-state index is 0.128. The summed E-state index contributed by atoms with van der Waals surface area (Å²) < 4.78 is 28.1. The van der Waals surface area contributed by atoms with E-state index in [-0.39, 0.29) is 17.6 Å². The van der Waals surface area contributed by atoms with Crippen LogP contribution in [0, 0.1) is 11.8 Å². The molecule has 0 unspecified atom stereocenters. The molecule has 2 saturated heterocycles. The quantitative estimate of drug-likeness (QED) is 0.548. The number of amides is 2. The van der Waals surface area contributed by atoms with E-state index in [1.165, 1.54) is 25.7 Å². The number of carbonyl (C=O) groups is 2. The third-order valence-electron chi connectivity index (χ3n) is 9.78. The maximum atomic E-state index is 14.2. The highest BCUT2D eigenvalue weighted by Gasteiger charge is 2.49. The molecule has 2 N–H and O–H groups in total. The van der Waals surface area contributed by atoms with Crippen molar-refractivity contribution in [1.29, 1.82) is 0 Å². The largest absolute Gasteiger partial charge is 0.380 e. The Morgan fingerprint density at radius 3 is 2.33 bits per heavy atom. The van der Waals surface area contributed by atoms with Crippen molar-refractivity contribution in [3.8, 4) is 5.75 Å². The minimum atomic E-state index is -4.15. The molecule has 1 aliphatic carbocycles. The molecule has 3 aliphatic heterocycles. The van der Waals surface area contributed by atoms with Crippen LogP contribution in [0.25, 0.3) is 0 Å². The zero-order valence-electron chi connectivity index (χ0n) is 23.4. The fourth-order valence-electron chi connectivity index (χ4n) is 7.46. The number of benzene rings is 1. The smallest absolute Gasteiger partial charge is 0.371 e. The molecule has 0 bridgehead atoms. The molecule has 3 fully saturated rings. The van der Waals surface area contributed by atoms with Crippen molar-refractivity contribution in [2.75, 3.05) is 32.7 Å². The Morgan fingerprint density at radius 2 is 1.69 bits per heavy atom. The van der Waals surface area contributed by atoms with Gasteiger partial charge in [-0.2, -0.15) is 13.6 Å². The number of nitrogens with zero attached hydrogens (tertiary/aromatic N) is 3. The Morgan fingerprint density at radius 1 is 1.00 bits per heavy atom. The molecule has 1 aromatic rings. The first kappa shape index (κ1) is 28.4. The van der Waals surface area contributed by atoms with Gasteiger partial charge in [-0.1, -0.05) is 19.9 Å². The zero-order valence-corrected chi connectivity index (χ0v) is 24.3. The summed E-state index contributed by atoms with van der Waals surface area (Å²) in [5.74, 6) is 2.00. The highest BCUT2D eigenvalue weighted by molar-refractivity contribution is 7.84. The molecule has 1 aromatic carbocycles. The van der Waals surface area contributed by atoms with Gasteiger partial charge in [0.1, 0.15) is 5.75 Å². The van der Waals surface area contributed by atoms with Crippen LogP contribution < -0.4 is 9.32 Å². The summed E-state index contributed by atoms with van der Waals surface area (Å²) >= 11 is 0. The van der Waals surface area contributed by atoms with Gasteiger partial charge in [-0.05, 0) is 99.6 Å². The predicted molar refractivity (Wildman–Crippen MR) is 149 cm³/mol. The Kier molecular flexibility index (Phi) is 8.27. The number of rotatable bonds is 7. The summed E-state index contributed by atoms with van der Waals surface area (Å²) in [4.78, 5) is 32.9. The topological polar surface area (TPSA) is 113 Å². The first-order chi connectivity index (χ1) is 18.6. The van der Waals surface area contributed by atoms with E-state index in [0.29, 0.717) is 32.1 Å². The molecule has 5 rings (SSSR count). The second-order valence-corrected chi connectivity index (χ2v) is 13.5. The average molecular weight is 561 g/mol. The van der Waals surface area contributed by atoms with Gasteiger partial charge in [0.15, 0.2) is 0 Å². The van der Waals surface area contributed by atoms with Gasteiger partial charge in [0.05, 0.1) is 5.41 Å². The van der Waals surface area contributed by atoms with E-state index in [1.807, 2.05) is 15.9 Å². The van der Waals surface area contributed by atoms with Crippen molar-refractivity contribution < 1.29 is 22.2 Å². The van der Waals surface area contributed by atoms with Crippen LogP contribution in [-0.4, -0.2) is 73.7 Å². The molecular formula is C29H44N4O5S. The van der Waals surface area contributed by atoms with E-state index in [2.05, 4.69) is 18.7 Å². The van der Waals surface area contributed by atoms with Crippen LogP contribution in [-0.2, 0) is 31.9 Å². The normalized spacial score (nSPS) is 26.3. The lowest BCUT2D eigenvalue weighted by molar-refractivity contribution is -0.144. The van der Waals surface area contributed by atoms with Crippen molar-refractivity contribution in [2.45, 2.75) is 89.6 Å². The molecule has 39 heavy (non-hydrogen) atoms. The summed E-state index contributed by atoms with van der Waals surface area (Å²) in [5, 5.41) is 5.13. The maximum absolute atomic E-state index is 14.2. The van der Waals surface area contributed by atoms with Crippen molar-refractivity contribution in [2.24, 2.45) is 17.0 Å². The minimum Gasteiger partial charge on any atom is -0.371 e. The first-order valence-corrected chi connectivity index (χ1v) is 16.2. The number of carbonyl (C=O) groups excluding carboxylic acids is 2. The molecule has 0 aromatic heterocycles. The third-order valence-corrected chi connectivity index (χ3v) is 10.2. The lowest BCUT2D eigenvalue weighted by Gasteiger charge is -2.50. The monoisotopic (exact) mass is 560 g/mol. The second-order valence-electron chi connectivity index (χ2n) is 12.4. The standard InChI is InChI=1S/C29H44N4O5S/c1-21(2)22-6-8-24(9-7-22)31-15-12-29(13-16-31)26-11-10-25(38-39(30,36)37)19-23(26)20-33(28(29)35)18-17-32-14-4-3-5-27(32)34/h10-11,19,21-22,24H,3-9,12-18,20H2,1-2H3,(H2,30,36,37)/t22-,24+. The summed E-state index contributed by atoms with van der Waals surface area (Å²) in [5.41, 5.74) is 1.22. The second kappa shape index (κ2) is 11.4. The van der Waals surface area contributed by atoms with E-state index >= 15 is 0 Å².